The van der Waals surface area contributed by atoms with E-state index in [1.54, 1.807) is 18.2 Å². The van der Waals surface area contributed by atoms with Gasteiger partial charge in [0.25, 0.3) is 0 Å². The number of benzene rings is 1. The van der Waals surface area contributed by atoms with E-state index in [9.17, 15) is 8.42 Å². The molecule has 2 aliphatic heterocycles. The SMILES string of the molecule is CCN1CCN(C2CN(S(=O)(=O)c3cccc(C#N)c3)C2)CC1. The summed E-state index contributed by atoms with van der Waals surface area (Å²) in [6, 6.07) is 8.55. The van der Waals surface area contributed by atoms with Crippen LogP contribution in [0.2, 0.25) is 0 Å². The predicted molar refractivity (Wildman–Crippen MR) is 87.4 cm³/mol. The maximum atomic E-state index is 12.6. The van der Waals surface area contributed by atoms with Crippen molar-refractivity contribution in [2.24, 2.45) is 0 Å². The Kier molecular flexibility index (Phi) is 4.69. The number of hydrogen-bond donors (Lipinski definition) is 0. The topological polar surface area (TPSA) is 67.7 Å². The van der Waals surface area contributed by atoms with Gasteiger partial charge in [-0.15, -0.1) is 0 Å². The van der Waals surface area contributed by atoms with Gasteiger partial charge in [0, 0.05) is 45.3 Å². The van der Waals surface area contributed by atoms with Gasteiger partial charge in [0.2, 0.25) is 10.0 Å². The highest BCUT2D eigenvalue weighted by molar-refractivity contribution is 7.89. The summed E-state index contributed by atoms with van der Waals surface area (Å²) < 4.78 is 26.7. The molecule has 0 spiro atoms. The Morgan fingerprint density at radius 3 is 2.52 bits per heavy atom. The summed E-state index contributed by atoms with van der Waals surface area (Å²) in [5.41, 5.74) is 0.374. The molecule has 2 fully saturated rings. The third-order valence-corrected chi connectivity index (χ3v) is 6.63. The molecule has 0 aliphatic carbocycles. The van der Waals surface area contributed by atoms with Gasteiger partial charge >= 0.3 is 0 Å². The number of piperazine rings is 1. The Morgan fingerprint density at radius 1 is 1.22 bits per heavy atom. The van der Waals surface area contributed by atoms with E-state index in [0.717, 1.165) is 32.7 Å². The molecule has 23 heavy (non-hydrogen) atoms. The van der Waals surface area contributed by atoms with Crippen LogP contribution in [0, 0.1) is 11.3 Å². The van der Waals surface area contributed by atoms with Crippen LogP contribution in [0.25, 0.3) is 0 Å². The van der Waals surface area contributed by atoms with Crippen LogP contribution < -0.4 is 0 Å². The van der Waals surface area contributed by atoms with Crippen LogP contribution >= 0.6 is 0 Å². The molecule has 0 unspecified atom stereocenters. The first-order chi connectivity index (χ1) is 11.0. The third-order valence-electron chi connectivity index (χ3n) is 4.80. The van der Waals surface area contributed by atoms with Crippen molar-refractivity contribution in [3.05, 3.63) is 29.8 Å². The molecule has 6 nitrogen and oxygen atoms in total. The van der Waals surface area contributed by atoms with Crippen molar-refractivity contribution in [3.63, 3.8) is 0 Å². The van der Waals surface area contributed by atoms with Crippen LogP contribution in [0.15, 0.2) is 29.2 Å². The fourth-order valence-electron chi connectivity index (χ4n) is 3.16. The highest BCUT2D eigenvalue weighted by Gasteiger charge is 2.40. The minimum absolute atomic E-state index is 0.214. The number of rotatable bonds is 4. The number of nitrogens with zero attached hydrogens (tertiary/aromatic N) is 4. The Morgan fingerprint density at radius 2 is 1.91 bits per heavy atom. The fourth-order valence-corrected chi connectivity index (χ4v) is 4.72. The van der Waals surface area contributed by atoms with Gasteiger partial charge in [-0.2, -0.15) is 9.57 Å². The van der Waals surface area contributed by atoms with Crippen LogP contribution in [-0.2, 0) is 10.0 Å². The lowest BCUT2D eigenvalue weighted by molar-refractivity contribution is 0.0425. The molecular weight excluding hydrogens is 312 g/mol. The van der Waals surface area contributed by atoms with Gasteiger partial charge in [0.15, 0.2) is 0 Å². The summed E-state index contributed by atoms with van der Waals surface area (Å²) in [4.78, 5) is 5.02. The van der Waals surface area contributed by atoms with E-state index in [-0.39, 0.29) is 4.90 Å². The molecule has 0 bridgehead atoms. The number of nitriles is 1. The van der Waals surface area contributed by atoms with Crippen molar-refractivity contribution in [2.75, 3.05) is 45.8 Å². The summed E-state index contributed by atoms with van der Waals surface area (Å²) in [5.74, 6) is 0. The van der Waals surface area contributed by atoms with Gasteiger partial charge in [-0.1, -0.05) is 13.0 Å². The van der Waals surface area contributed by atoms with Crippen molar-refractivity contribution in [3.8, 4) is 6.07 Å². The average molecular weight is 334 g/mol. The van der Waals surface area contributed by atoms with E-state index < -0.39 is 10.0 Å². The van der Waals surface area contributed by atoms with Gasteiger partial charge in [0.05, 0.1) is 16.5 Å². The highest BCUT2D eigenvalue weighted by Crippen LogP contribution is 2.25. The minimum Gasteiger partial charge on any atom is -0.301 e. The number of likely N-dealkylation sites (N-methyl/N-ethyl adjacent to an activating group) is 1. The zero-order valence-corrected chi connectivity index (χ0v) is 14.2. The van der Waals surface area contributed by atoms with Gasteiger partial charge in [-0.05, 0) is 24.7 Å². The Bertz CT molecular complexity index is 699. The van der Waals surface area contributed by atoms with E-state index in [2.05, 4.69) is 16.7 Å². The second-order valence-corrected chi connectivity index (χ2v) is 8.02. The van der Waals surface area contributed by atoms with E-state index in [4.69, 9.17) is 5.26 Å². The summed E-state index contributed by atoms with van der Waals surface area (Å²) in [5, 5.41) is 8.92. The summed E-state index contributed by atoms with van der Waals surface area (Å²) >= 11 is 0. The molecule has 0 atom stereocenters. The maximum absolute atomic E-state index is 12.6. The highest BCUT2D eigenvalue weighted by atomic mass is 32.2. The van der Waals surface area contributed by atoms with Crippen molar-refractivity contribution < 1.29 is 8.42 Å². The normalized spacial score (nSPS) is 21.7. The van der Waals surface area contributed by atoms with Gasteiger partial charge in [0.1, 0.15) is 0 Å². The lowest BCUT2D eigenvalue weighted by Crippen LogP contribution is -2.64. The Labute approximate surface area is 138 Å². The first-order valence-electron chi connectivity index (χ1n) is 8.01. The lowest BCUT2D eigenvalue weighted by atomic mass is 10.1. The van der Waals surface area contributed by atoms with E-state index in [1.807, 2.05) is 6.07 Å². The van der Waals surface area contributed by atoms with Crippen LogP contribution in [-0.4, -0.2) is 74.4 Å². The number of sulfonamides is 1. The Balaban J connectivity index is 1.61. The Hall–Kier alpha value is -1.46. The van der Waals surface area contributed by atoms with Crippen molar-refractivity contribution in [2.45, 2.75) is 17.9 Å². The first kappa shape index (κ1) is 16.4. The predicted octanol–water partition coefficient (Wildman–Crippen LogP) is 0.569. The standard InChI is InChI=1S/C16H22N4O2S/c1-2-18-6-8-19(9-7-18)15-12-20(13-15)23(21,22)16-5-3-4-14(10-16)11-17/h3-5,10,15H,2,6-9,12-13H2,1H3. The summed E-state index contributed by atoms with van der Waals surface area (Å²) in [6.07, 6.45) is 0. The largest absolute Gasteiger partial charge is 0.301 e. The van der Waals surface area contributed by atoms with Crippen LogP contribution in [0.3, 0.4) is 0 Å². The van der Waals surface area contributed by atoms with Gasteiger partial charge < -0.3 is 4.90 Å². The average Bonchev–Trinajstić information content (AvgIpc) is 2.54. The van der Waals surface area contributed by atoms with E-state index in [1.165, 1.54) is 10.4 Å². The van der Waals surface area contributed by atoms with Gasteiger partial charge in [-0.3, -0.25) is 4.90 Å². The molecule has 2 heterocycles. The van der Waals surface area contributed by atoms with Crippen molar-refractivity contribution >= 4 is 10.0 Å². The van der Waals surface area contributed by atoms with Crippen LogP contribution in [0.1, 0.15) is 12.5 Å². The van der Waals surface area contributed by atoms with Gasteiger partial charge in [-0.25, -0.2) is 8.42 Å². The van der Waals surface area contributed by atoms with Crippen LogP contribution in [0.5, 0.6) is 0 Å². The number of hydrogen-bond acceptors (Lipinski definition) is 5. The van der Waals surface area contributed by atoms with Crippen molar-refractivity contribution in [1.29, 1.82) is 5.26 Å². The summed E-state index contributed by atoms with van der Waals surface area (Å²) in [6.45, 7) is 8.48. The molecule has 1 aromatic rings. The van der Waals surface area contributed by atoms with Crippen molar-refractivity contribution in [1.82, 2.24) is 14.1 Å². The second-order valence-electron chi connectivity index (χ2n) is 6.09. The molecule has 0 amide bonds. The zero-order valence-electron chi connectivity index (χ0n) is 13.4. The second kappa shape index (κ2) is 6.57. The zero-order chi connectivity index (χ0) is 16.4. The quantitative estimate of drug-likeness (QED) is 0.805. The lowest BCUT2D eigenvalue weighted by Gasteiger charge is -2.47. The fraction of sp³-hybridized carbons (Fsp3) is 0.562. The third kappa shape index (κ3) is 3.26. The molecule has 0 radical (unpaired) electrons. The molecule has 7 heteroatoms. The van der Waals surface area contributed by atoms with Crippen LogP contribution in [0.4, 0.5) is 0 Å². The van der Waals surface area contributed by atoms with E-state index >= 15 is 0 Å². The summed E-state index contributed by atoms with van der Waals surface area (Å²) in [7, 11) is -3.48. The minimum atomic E-state index is -3.48. The smallest absolute Gasteiger partial charge is 0.243 e. The molecule has 124 valence electrons. The molecule has 0 N–H and O–H groups in total. The first-order valence-corrected chi connectivity index (χ1v) is 9.45. The molecule has 1 aromatic carbocycles. The molecule has 0 aromatic heterocycles. The molecular formula is C16H22N4O2S. The molecule has 2 aliphatic rings. The maximum Gasteiger partial charge on any atom is 0.243 e. The molecule has 0 saturated carbocycles. The molecule has 3 rings (SSSR count). The monoisotopic (exact) mass is 334 g/mol. The van der Waals surface area contributed by atoms with E-state index in [0.29, 0.717) is 24.7 Å². The molecule has 2 saturated heterocycles.